The molecule has 1 aliphatic carbocycles. The number of hydrogen-bond donors (Lipinski definition) is 2. The summed E-state index contributed by atoms with van der Waals surface area (Å²) in [6.45, 7) is 4.99. The van der Waals surface area contributed by atoms with Crippen LogP contribution in [0.25, 0.3) is 0 Å². The number of halogens is 1. The Kier molecular flexibility index (Phi) is 7.72. The van der Waals surface area contributed by atoms with E-state index in [0.717, 1.165) is 43.4 Å². The van der Waals surface area contributed by atoms with E-state index in [0.29, 0.717) is 11.4 Å². The van der Waals surface area contributed by atoms with Gasteiger partial charge in [0.1, 0.15) is 0 Å². The molecule has 0 bridgehead atoms. The lowest BCUT2D eigenvalue weighted by molar-refractivity contribution is 0.273. The van der Waals surface area contributed by atoms with Gasteiger partial charge in [-0.05, 0) is 49.3 Å². The molecule has 1 aromatic rings. The Labute approximate surface area is 173 Å². The summed E-state index contributed by atoms with van der Waals surface area (Å²) in [4.78, 5) is 6.99. The van der Waals surface area contributed by atoms with E-state index in [9.17, 15) is 8.42 Å². The Bertz CT molecular complexity index is 709. The summed E-state index contributed by atoms with van der Waals surface area (Å²) < 4.78 is 27.1. The fourth-order valence-corrected chi connectivity index (χ4v) is 4.31. The van der Waals surface area contributed by atoms with Crippen molar-refractivity contribution in [3.63, 3.8) is 0 Å². The molecule has 3 rings (SSSR count). The van der Waals surface area contributed by atoms with Crippen LogP contribution in [0, 0.1) is 5.92 Å². The molecule has 1 saturated carbocycles. The molecule has 6 nitrogen and oxygen atoms in total. The van der Waals surface area contributed by atoms with Gasteiger partial charge in [0.25, 0.3) is 0 Å². The highest BCUT2D eigenvalue weighted by molar-refractivity contribution is 14.0. The number of benzene rings is 1. The number of nitrogens with one attached hydrogen (secondary N) is 2. The second-order valence-electron chi connectivity index (χ2n) is 7.11. The summed E-state index contributed by atoms with van der Waals surface area (Å²) in [5.74, 6) is 1.70. The molecule has 26 heavy (non-hydrogen) atoms. The van der Waals surface area contributed by atoms with Crippen molar-refractivity contribution in [3.8, 4) is 0 Å². The van der Waals surface area contributed by atoms with Gasteiger partial charge in [-0.25, -0.2) is 13.1 Å². The first-order valence-electron chi connectivity index (χ1n) is 9.05. The number of likely N-dealkylation sites (tertiary alicyclic amines) is 1. The SMILES string of the molecule is CN=C(NCc1ccc(S(=O)(=O)NC2CC2)cc1)N1CCC(C)CC1.I. The summed E-state index contributed by atoms with van der Waals surface area (Å²) in [6, 6.07) is 7.20. The molecule has 1 aromatic carbocycles. The summed E-state index contributed by atoms with van der Waals surface area (Å²) in [7, 11) is -1.57. The molecular formula is C18H29IN4O2S. The van der Waals surface area contributed by atoms with Crippen LogP contribution in [0.2, 0.25) is 0 Å². The van der Waals surface area contributed by atoms with Crippen molar-refractivity contribution >= 4 is 40.0 Å². The third kappa shape index (κ3) is 5.82. The fraction of sp³-hybridized carbons (Fsp3) is 0.611. The lowest BCUT2D eigenvalue weighted by Crippen LogP contribution is -2.45. The van der Waals surface area contributed by atoms with Gasteiger partial charge in [-0.3, -0.25) is 4.99 Å². The van der Waals surface area contributed by atoms with Crippen molar-refractivity contribution in [1.29, 1.82) is 0 Å². The molecule has 1 aliphatic heterocycles. The van der Waals surface area contributed by atoms with Crippen LogP contribution in [0.5, 0.6) is 0 Å². The van der Waals surface area contributed by atoms with Crippen molar-refractivity contribution in [2.75, 3.05) is 20.1 Å². The van der Waals surface area contributed by atoms with Gasteiger partial charge in [0.05, 0.1) is 4.90 Å². The van der Waals surface area contributed by atoms with Gasteiger partial charge in [-0.2, -0.15) is 0 Å². The molecule has 0 radical (unpaired) electrons. The molecule has 0 spiro atoms. The minimum atomic E-state index is -3.37. The van der Waals surface area contributed by atoms with Crippen LogP contribution in [0.15, 0.2) is 34.2 Å². The molecule has 146 valence electrons. The van der Waals surface area contributed by atoms with E-state index in [4.69, 9.17) is 0 Å². The number of hydrogen-bond acceptors (Lipinski definition) is 3. The van der Waals surface area contributed by atoms with Crippen molar-refractivity contribution in [2.24, 2.45) is 10.9 Å². The Morgan fingerprint density at radius 1 is 1.15 bits per heavy atom. The highest BCUT2D eigenvalue weighted by atomic mass is 127. The summed E-state index contributed by atoms with van der Waals surface area (Å²) in [6.07, 6.45) is 4.27. The van der Waals surface area contributed by atoms with E-state index >= 15 is 0 Å². The molecule has 0 amide bonds. The second kappa shape index (κ2) is 9.36. The van der Waals surface area contributed by atoms with E-state index in [1.165, 1.54) is 12.8 Å². The highest BCUT2D eigenvalue weighted by Gasteiger charge is 2.27. The first-order chi connectivity index (χ1) is 12.0. The minimum absolute atomic E-state index is 0. The Morgan fingerprint density at radius 3 is 2.31 bits per heavy atom. The predicted octanol–water partition coefficient (Wildman–Crippen LogP) is 2.55. The average molecular weight is 492 g/mol. The minimum Gasteiger partial charge on any atom is -0.352 e. The van der Waals surface area contributed by atoms with Crippen molar-refractivity contribution < 1.29 is 8.42 Å². The molecule has 8 heteroatoms. The van der Waals surface area contributed by atoms with Crippen LogP contribution in [0.4, 0.5) is 0 Å². The number of guanidine groups is 1. The van der Waals surface area contributed by atoms with Gasteiger partial charge < -0.3 is 10.2 Å². The zero-order chi connectivity index (χ0) is 17.9. The monoisotopic (exact) mass is 492 g/mol. The summed E-state index contributed by atoms with van der Waals surface area (Å²) >= 11 is 0. The van der Waals surface area contributed by atoms with Crippen LogP contribution < -0.4 is 10.0 Å². The standard InChI is InChI=1S/C18H28N4O2S.HI/c1-14-9-11-22(12-10-14)18(19-2)20-13-15-3-7-17(8-4-15)25(23,24)21-16-5-6-16;/h3-4,7-8,14,16,21H,5-6,9-13H2,1-2H3,(H,19,20);1H. The third-order valence-electron chi connectivity index (χ3n) is 4.88. The quantitative estimate of drug-likeness (QED) is 0.377. The zero-order valence-corrected chi connectivity index (χ0v) is 18.6. The zero-order valence-electron chi connectivity index (χ0n) is 15.4. The van der Waals surface area contributed by atoms with Gasteiger partial charge in [0.2, 0.25) is 10.0 Å². The largest absolute Gasteiger partial charge is 0.352 e. The summed E-state index contributed by atoms with van der Waals surface area (Å²) in [5.41, 5.74) is 1.04. The van der Waals surface area contributed by atoms with E-state index in [1.807, 2.05) is 12.1 Å². The topological polar surface area (TPSA) is 73.8 Å². The van der Waals surface area contributed by atoms with Crippen LogP contribution in [0.3, 0.4) is 0 Å². The van der Waals surface area contributed by atoms with E-state index < -0.39 is 10.0 Å². The van der Waals surface area contributed by atoms with Gasteiger partial charge >= 0.3 is 0 Å². The number of sulfonamides is 1. The molecule has 2 N–H and O–H groups in total. The average Bonchev–Trinajstić information content (AvgIpc) is 3.40. The van der Waals surface area contributed by atoms with Gasteiger partial charge in [0.15, 0.2) is 5.96 Å². The smallest absolute Gasteiger partial charge is 0.240 e. The maximum atomic E-state index is 12.2. The third-order valence-corrected chi connectivity index (χ3v) is 6.41. The van der Waals surface area contributed by atoms with Crippen LogP contribution >= 0.6 is 24.0 Å². The van der Waals surface area contributed by atoms with Crippen LogP contribution in [-0.2, 0) is 16.6 Å². The first kappa shape index (κ1) is 21.4. The lowest BCUT2D eigenvalue weighted by Gasteiger charge is -2.32. The summed E-state index contributed by atoms with van der Waals surface area (Å²) in [5, 5.41) is 3.38. The normalized spacial score (nSPS) is 19.2. The molecule has 0 aromatic heterocycles. The predicted molar refractivity (Wildman–Crippen MR) is 115 cm³/mol. The van der Waals surface area contributed by atoms with E-state index in [-0.39, 0.29) is 30.0 Å². The number of nitrogens with zero attached hydrogens (tertiary/aromatic N) is 2. The first-order valence-corrected chi connectivity index (χ1v) is 10.5. The Morgan fingerprint density at radius 2 is 1.77 bits per heavy atom. The fourth-order valence-electron chi connectivity index (χ4n) is 3.01. The molecular weight excluding hydrogens is 463 g/mol. The Hall–Kier alpha value is -0.870. The van der Waals surface area contributed by atoms with E-state index in [2.05, 4.69) is 26.9 Å². The van der Waals surface area contributed by atoms with Gasteiger partial charge in [-0.15, -0.1) is 24.0 Å². The molecule has 2 aliphatic rings. The number of rotatable bonds is 5. The van der Waals surface area contributed by atoms with Crippen molar-refractivity contribution in [1.82, 2.24) is 14.9 Å². The van der Waals surface area contributed by atoms with Gasteiger partial charge in [0, 0.05) is 32.7 Å². The maximum absolute atomic E-state index is 12.2. The number of aliphatic imine (C=N–C) groups is 1. The molecule has 0 unspecified atom stereocenters. The van der Waals surface area contributed by atoms with Crippen molar-refractivity contribution in [3.05, 3.63) is 29.8 Å². The molecule has 1 saturated heterocycles. The molecule has 0 atom stereocenters. The van der Waals surface area contributed by atoms with Crippen molar-refractivity contribution in [2.45, 2.75) is 50.1 Å². The highest BCUT2D eigenvalue weighted by Crippen LogP contribution is 2.22. The van der Waals surface area contributed by atoms with Gasteiger partial charge in [-0.1, -0.05) is 19.1 Å². The van der Waals surface area contributed by atoms with E-state index in [1.54, 1.807) is 19.2 Å². The Balaban J connectivity index is 0.00000243. The second-order valence-corrected chi connectivity index (χ2v) is 8.82. The van der Waals surface area contributed by atoms with Crippen LogP contribution in [0.1, 0.15) is 38.2 Å². The lowest BCUT2D eigenvalue weighted by atomic mass is 10.00. The molecule has 1 heterocycles. The number of piperidine rings is 1. The van der Waals surface area contributed by atoms with Crippen LogP contribution in [-0.4, -0.2) is 45.5 Å². The maximum Gasteiger partial charge on any atom is 0.240 e. The molecule has 2 fully saturated rings.